The molecule has 1 nitrogen and oxygen atoms in total. The van der Waals surface area contributed by atoms with Crippen LogP contribution in [-0.4, -0.2) is 18.9 Å². The second-order valence-corrected chi connectivity index (χ2v) is 8.59. The van der Waals surface area contributed by atoms with Crippen LogP contribution in [0.25, 0.3) is 0 Å². The first-order valence-electron chi connectivity index (χ1n) is 10.5. The van der Waals surface area contributed by atoms with E-state index in [9.17, 15) is 4.39 Å². The Kier molecular flexibility index (Phi) is 6.80. The van der Waals surface area contributed by atoms with Gasteiger partial charge in [0, 0.05) is 6.61 Å². The van der Waals surface area contributed by atoms with Crippen LogP contribution in [0.3, 0.4) is 0 Å². The van der Waals surface area contributed by atoms with Gasteiger partial charge < -0.3 is 4.74 Å². The first-order valence-corrected chi connectivity index (χ1v) is 10.5. The van der Waals surface area contributed by atoms with Gasteiger partial charge in [-0.25, -0.2) is 4.39 Å². The minimum Gasteiger partial charge on any atom is -0.378 e. The van der Waals surface area contributed by atoms with E-state index in [1.165, 1.54) is 51.4 Å². The van der Waals surface area contributed by atoms with Gasteiger partial charge in [-0.15, -0.1) is 0 Å². The molecule has 3 rings (SSSR count). The van der Waals surface area contributed by atoms with Gasteiger partial charge in [-0.1, -0.05) is 6.92 Å². The summed E-state index contributed by atoms with van der Waals surface area (Å²) < 4.78 is 19.3. The summed E-state index contributed by atoms with van der Waals surface area (Å²) in [5.74, 6) is 3.72. The minimum absolute atomic E-state index is 0.493. The lowest BCUT2D eigenvalue weighted by Gasteiger charge is -2.40. The first kappa shape index (κ1) is 17.7. The molecule has 0 spiro atoms. The largest absolute Gasteiger partial charge is 0.378 e. The summed E-state index contributed by atoms with van der Waals surface area (Å²) in [6.07, 6.45) is 16.4. The molecule has 3 aliphatic rings. The third-order valence-corrected chi connectivity index (χ3v) is 7.13. The predicted molar refractivity (Wildman–Crippen MR) is 94.3 cm³/mol. The van der Waals surface area contributed by atoms with E-state index >= 15 is 0 Å². The topological polar surface area (TPSA) is 9.23 Å². The number of ether oxygens (including phenoxy) is 1. The molecule has 3 aliphatic carbocycles. The lowest BCUT2D eigenvalue weighted by molar-refractivity contribution is 0.00558. The standard InChI is InChI=1S/C21H37FO/c1-2-15-23-21-13-9-19(10-14-21)17-5-3-16(4-6-17)18-7-11-20(22)12-8-18/h16-21H,2-15H2,1H3. The number of alkyl halides is 1. The van der Waals surface area contributed by atoms with Crippen molar-refractivity contribution >= 4 is 0 Å². The van der Waals surface area contributed by atoms with E-state index in [1.54, 1.807) is 0 Å². The molecular weight excluding hydrogens is 287 g/mol. The Morgan fingerprint density at radius 3 is 1.48 bits per heavy atom. The molecule has 0 saturated heterocycles. The lowest BCUT2D eigenvalue weighted by Crippen LogP contribution is -2.31. The Morgan fingerprint density at radius 1 is 0.652 bits per heavy atom. The Bertz CT molecular complexity index is 321. The first-order chi connectivity index (χ1) is 11.3. The van der Waals surface area contributed by atoms with Crippen LogP contribution in [0.5, 0.6) is 0 Å². The highest BCUT2D eigenvalue weighted by Gasteiger charge is 2.34. The quantitative estimate of drug-likeness (QED) is 0.576. The normalized spacial score (nSPS) is 42.5. The highest BCUT2D eigenvalue weighted by Crippen LogP contribution is 2.45. The Balaban J connectivity index is 1.36. The fourth-order valence-corrected chi connectivity index (χ4v) is 5.65. The van der Waals surface area contributed by atoms with E-state index in [4.69, 9.17) is 4.74 Å². The van der Waals surface area contributed by atoms with Gasteiger partial charge in [0.25, 0.3) is 0 Å². The summed E-state index contributed by atoms with van der Waals surface area (Å²) in [7, 11) is 0. The molecule has 0 atom stereocenters. The van der Waals surface area contributed by atoms with Gasteiger partial charge in [0.05, 0.1) is 6.10 Å². The van der Waals surface area contributed by atoms with Crippen LogP contribution in [0.15, 0.2) is 0 Å². The molecule has 2 heteroatoms. The number of halogens is 1. The van der Waals surface area contributed by atoms with Crippen molar-refractivity contribution in [1.29, 1.82) is 0 Å². The fraction of sp³-hybridized carbons (Fsp3) is 1.00. The van der Waals surface area contributed by atoms with Gasteiger partial charge in [0.1, 0.15) is 6.17 Å². The summed E-state index contributed by atoms with van der Waals surface area (Å²) in [5.41, 5.74) is 0. The molecule has 0 unspecified atom stereocenters. The molecule has 0 bridgehead atoms. The molecule has 0 amide bonds. The molecule has 0 aromatic heterocycles. The maximum atomic E-state index is 13.3. The summed E-state index contributed by atoms with van der Waals surface area (Å²) in [6, 6.07) is 0. The fourth-order valence-electron chi connectivity index (χ4n) is 5.65. The number of hydrogen-bond acceptors (Lipinski definition) is 1. The van der Waals surface area contributed by atoms with Crippen molar-refractivity contribution in [3.63, 3.8) is 0 Å². The van der Waals surface area contributed by atoms with Crippen molar-refractivity contribution in [2.24, 2.45) is 23.7 Å². The average Bonchev–Trinajstić information content (AvgIpc) is 2.61. The molecular formula is C21H37FO. The molecule has 0 radical (unpaired) electrons. The second kappa shape index (κ2) is 8.83. The monoisotopic (exact) mass is 324 g/mol. The zero-order chi connectivity index (χ0) is 16.1. The summed E-state index contributed by atoms with van der Waals surface area (Å²) in [4.78, 5) is 0. The summed E-state index contributed by atoms with van der Waals surface area (Å²) in [6.45, 7) is 3.14. The van der Waals surface area contributed by atoms with Crippen LogP contribution in [-0.2, 0) is 4.74 Å². The smallest absolute Gasteiger partial charge is 0.100 e. The molecule has 0 heterocycles. The molecule has 0 aromatic carbocycles. The van der Waals surface area contributed by atoms with E-state index < -0.39 is 6.17 Å². The summed E-state index contributed by atoms with van der Waals surface area (Å²) >= 11 is 0. The van der Waals surface area contributed by atoms with Crippen molar-refractivity contribution in [1.82, 2.24) is 0 Å². The Morgan fingerprint density at radius 2 is 1.04 bits per heavy atom. The maximum Gasteiger partial charge on any atom is 0.100 e. The van der Waals surface area contributed by atoms with Crippen LogP contribution >= 0.6 is 0 Å². The molecule has 3 fully saturated rings. The van der Waals surface area contributed by atoms with Crippen molar-refractivity contribution < 1.29 is 9.13 Å². The Labute approximate surface area is 142 Å². The van der Waals surface area contributed by atoms with Gasteiger partial charge in [0.2, 0.25) is 0 Å². The third kappa shape index (κ3) is 4.94. The highest BCUT2D eigenvalue weighted by atomic mass is 19.1. The number of hydrogen-bond donors (Lipinski definition) is 0. The van der Waals surface area contributed by atoms with E-state index in [0.717, 1.165) is 62.4 Å². The SMILES string of the molecule is CCCOC1CCC(C2CCC(C3CCC(F)CC3)CC2)CC1. The van der Waals surface area contributed by atoms with Crippen LogP contribution in [0.1, 0.15) is 90.4 Å². The van der Waals surface area contributed by atoms with Crippen LogP contribution < -0.4 is 0 Å². The van der Waals surface area contributed by atoms with Crippen molar-refractivity contribution in [3.05, 3.63) is 0 Å². The molecule has 23 heavy (non-hydrogen) atoms. The van der Waals surface area contributed by atoms with E-state index in [-0.39, 0.29) is 0 Å². The van der Waals surface area contributed by atoms with Crippen molar-refractivity contribution in [2.45, 2.75) is 103 Å². The molecule has 0 N–H and O–H groups in total. The van der Waals surface area contributed by atoms with Gasteiger partial charge in [-0.05, 0) is 107 Å². The van der Waals surface area contributed by atoms with Crippen LogP contribution in [0.2, 0.25) is 0 Å². The van der Waals surface area contributed by atoms with Gasteiger partial charge >= 0.3 is 0 Å². The molecule has 0 aromatic rings. The number of rotatable bonds is 5. The van der Waals surface area contributed by atoms with Gasteiger partial charge in [0.15, 0.2) is 0 Å². The van der Waals surface area contributed by atoms with E-state index in [0.29, 0.717) is 6.10 Å². The van der Waals surface area contributed by atoms with Gasteiger partial charge in [-0.3, -0.25) is 0 Å². The van der Waals surface area contributed by atoms with Crippen molar-refractivity contribution in [2.75, 3.05) is 6.61 Å². The molecule has 3 saturated carbocycles. The lowest BCUT2D eigenvalue weighted by atomic mass is 9.66. The van der Waals surface area contributed by atoms with Gasteiger partial charge in [-0.2, -0.15) is 0 Å². The third-order valence-electron chi connectivity index (χ3n) is 7.13. The Hall–Kier alpha value is -0.110. The zero-order valence-electron chi connectivity index (χ0n) is 15.1. The molecule has 0 aliphatic heterocycles. The highest BCUT2D eigenvalue weighted by molar-refractivity contribution is 4.86. The predicted octanol–water partition coefficient (Wildman–Crippen LogP) is 6.31. The van der Waals surface area contributed by atoms with E-state index in [1.807, 2.05) is 0 Å². The maximum absolute atomic E-state index is 13.3. The minimum atomic E-state index is -0.493. The van der Waals surface area contributed by atoms with Crippen LogP contribution in [0, 0.1) is 23.7 Å². The average molecular weight is 325 g/mol. The van der Waals surface area contributed by atoms with Crippen molar-refractivity contribution in [3.8, 4) is 0 Å². The van der Waals surface area contributed by atoms with E-state index in [2.05, 4.69) is 6.92 Å². The summed E-state index contributed by atoms with van der Waals surface area (Å²) in [5, 5.41) is 0. The second-order valence-electron chi connectivity index (χ2n) is 8.59. The molecule has 134 valence electrons. The zero-order valence-corrected chi connectivity index (χ0v) is 15.1. The van der Waals surface area contributed by atoms with Crippen LogP contribution in [0.4, 0.5) is 4.39 Å².